The van der Waals surface area contributed by atoms with Crippen molar-refractivity contribution in [1.29, 1.82) is 0 Å². The van der Waals surface area contributed by atoms with Crippen LogP contribution in [-0.4, -0.2) is 15.9 Å². The third kappa shape index (κ3) is 9.03. The number of ketones is 1. The van der Waals surface area contributed by atoms with Crippen molar-refractivity contribution >= 4 is 38.6 Å². The fourth-order valence-corrected chi connectivity index (χ4v) is 7.09. The number of carbonyl (C=O) groups is 1. The summed E-state index contributed by atoms with van der Waals surface area (Å²) in [6, 6.07) is 23.0. The zero-order valence-corrected chi connectivity index (χ0v) is 37.4. The fraction of sp³-hybridized carbons (Fsp3) is 0.429. The van der Waals surface area contributed by atoms with Gasteiger partial charge in [0.05, 0.1) is 12.5 Å². The first kappa shape index (κ1) is 43.7. The molecule has 0 amide bonds. The molecule has 0 atom stereocenters. The van der Waals surface area contributed by atoms with Gasteiger partial charge in [-0.3, -0.25) is 9.78 Å². The van der Waals surface area contributed by atoms with Crippen molar-refractivity contribution in [2.75, 3.05) is 0 Å². The van der Waals surface area contributed by atoms with E-state index in [4.69, 9.17) is 13.8 Å². The summed E-state index contributed by atoms with van der Waals surface area (Å²) in [4.78, 5) is 17.3. The van der Waals surface area contributed by atoms with Gasteiger partial charge in [-0.1, -0.05) is 124 Å². The summed E-state index contributed by atoms with van der Waals surface area (Å²) in [6.07, 6.45) is 9.32. The monoisotopic (exact) mass is 919 g/mol. The van der Waals surface area contributed by atoms with Gasteiger partial charge in [0.25, 0.3) is 0 Å². The standard InChI is InChI=1S/C34H32NO2.C15H28O2.Ir/c1-20(2)15-23-11-12-26(27-13-14-36-32(23)27)28-18-30(35-31-21(3)19-37-33(28)31)24-16-22-9-7-8-10-25(22)29(17-24)34(4,5)6;1-7-14(5,8-2)12(16)11-13(17)15(6,9-3)10-4;/h7-14,17-20H,15H2,1-6H3;11,16H,7-10H2,1-6H3;/q-1;;/b;12-11-;. The number of allylic oxidation sites excluding steroid dienone is 2. The Morgan fingerprint density at radius 1 is 0.836 bits per heavy atom. The summed E-state index contributed by atoms with van der Waals surface area (Å²) in [5, 5.41) is 13.6. The van der Waals surface area contributed by atoms with Gasteiger partial charge in [-0.05, 0) is 67.6 Å². The molecule has 5 nitrogen and oxygen atoms in total. The smallest absolute Gasteiger partial charge is 0.164 e. The third-order valence-corrected chi connectivity index (χ3v) is 11.8. The first-order chi connectivity index (χ1) is 25.5. The van der Waals surface area contributed by atoms with Crippen LogP contribution in [0.4, 0.5) is 0 Å². The summed E-state index contributed by atoms with van der Waals surface area (Å²) >= 11 is 0. The van der Waals surface area contributed by atoms with Crippen LogP contribution in [0.2, 0.25) is 0 Å². The Balaban J connectivity index is 0.000000320. The van der Waals surface area contributed by atoms with Gasteiger partial charge in [0, 0.05) is 59.2 Å². The predicted octanol–water partition coefficient (Wildman–Crippen LogP) is 14.3. The van der Waals surface area contributed by atoms with Crippen molar-refractivity contribution in [3.8, 4) is 22.4 Å². The van der Waals surface area contributed by atoms with E-state index in [1.165, 1.54) is 22.6 Å². The number of hydrogen-bond donors (Lipinski definition) is 1. The van der Waals surface area contributed by atoms with Gasteiger partial charge in [-0.25, -0.2) is 0 Å². The Kier molecular flexibility index (Phi) is 13.9. The van der Waals surface area contributed by atoms with E-state index in [1.54, 1.807) is 12.5 Å². The van der Waals surface area contributed by atoms with E-state index < -0.39 is 0 Å². The molecule has 0 fully saturated rings. The number of carbonyl (C=O) groups excluding carboxylic acids is 1. The second kappa shape index (κ2) is 17.4. The molecule has 3 aromatic carbocycles. The minimum atomic E-state index is -0.337. The number of hydrogen-bond acceptors (Lipinski definition) is 5. The Morgan fingerprint density at radius 3 is 2.11 bits per heavy atom. The molecule has 0 spiro atoms. The fourth-order valence-electron chi connectivity index (χ4n) is 7.09. The number of aliphatic hydroxyl groups is 1. The molecule has 295 valence electrons. The van der Waals surface area contributed by atoms with Crippen molar-refractivity contribution in [3.05, 3.63) is 102 Å². The van der Waals surface area contributed by atoms with E-state index in [1.807, 2.05) is 41.5 Å². The largest absolute Gasteiger partial charge is 0.512 e. The molecule has 1 N–H and O–H groups in total. The second-order valence-electron chi connectivity index (χ2n) is 17.0. The van der Waals surface area contributed by atoms with E-state index in [2.05, 4.69) is 102 Å². The molecule has 6 rings (SSSR count). The van der Waals surface area contributed by atoms with Gasteiger partial charge < -0.3 is 13.9 Å². The number of nitrogens with zero attached hydrogens (tertiary/aromatic N) is 1. The van der Waals surface area contributed by atoms with Crippen LogP contribution in [-0.2, 0) is 36.7 Å². The van der Waals surface area contributed by atoms with Crippen LogP contribution in [0.25, 0.3) is 55.2 Å². The van der Waals surface area contributed by atoms with Crippen molar-refractivity contribution < 1.29 is 38.8 Å². The summed E-state index contributed by atoms with van der Waals surface area (Å²) in [7, 11) is 0. The molecular formula is C49H60IrNO4-. The maximum atomic E-state index is 12.2. The Labute approximate surface area is 342 Å². The number of rotatable bonds is 11. The normalized spacial score (nSPS) is 12.6. The van der Waals surface area contributed by atoms with E-state index in [9.17, 15) is 9.90 Å². The van der Waals surface area contributed by atoms with Crippen LogP contribution >= 0.6 is 0 Å². The summed E-state index contributed by atoms with van der Waals surface area (Å²) in [5.74, 6) is 0.834. The molecule has 55 heavy (non-hydrogen) atoms. The number of fused-ring (bicyclic) bond motifs is 3. The number of benzene rings is 3. The average Bonchev–Trinajstić information content (AvgIpc) is 3.80. The maximum absolute atomic E-state index is 12.2. The summed E-state index contributed by atoms with van der Waals surface area (Å²) < 4.78 is 12.1. The van der Waals surface area contributed by atoms with E-state index in [0.29, 0.717) is 5.92 Å². The average molecular weight is 919 g/mol. The van der Waals surface area contributed by atoms with E-state index in [-0.39, 0.29) is 47.9 Å². The molecule has 0 saturated heterocycles. The number of aryl methyl sites for hydroxylation is 1. The SMILES string of the molecule is CCC(C)(CC)C(=O)/C=C(\O)C(C)(CC)CC.Cc1coc2c(-c3ccc(CC(C)C)c4occc34)cc(-c3[c-]c4ccccc4c(C(C)(C)C)c3)nc12.[Ir]. The minimum Gasteiger partial charge on any atom is -0.512 e. The van der Waals surface area contributed by atoms with Gasteiger partial charge in [0.1, 0.15) is 16.9 Å². The van der Waals surface area contributed by atoms with Crippen LogP contribution < -0.4 is 0 Å². The Morgan fingerprint density at radius 2 is 1.49 bits per heavy atom. The van der Waals surface area contributed by atoms with Crippen LogP contribution in [0.5, 0.6) is 0 Å². The molecule has 3 heterocycles. The van der Waals surface area contributed by atoms with Gasteiger partial charge in [0.15, 0.2) is 11.4 Å². The molecule has 1 radical (unpaired) electrons. The molecular weight excluding hydrogens is 859 g/mol. The van der Waals surface area contributed by atoms with Crippen LogP contribution in [0.3, 0.4) is 0 Å². The molecule has 0 aliphatic carbocycles. The quantitative estimate of drug-likeness (QED) is 0.0796. The molecule has 6 heteroatoms. The topological polar surface area (TPSA) is 76.5 Å². The molecule has 0 unspecified atom stereocenters. The summed E-state index contributed by atoms with van der Waals surface area (Å²) in [5.41, 5.74) is 9.57. The van der Waals surface area contributed by atoms with Gasteiger partial charge >= 0.3 is 0 Å². The molecule has 3 aromatic heterocycles. The van der Waals surface area contributed by atoms with Crippen LogP contribution in [0, 0.1) is 29.7 Å². The molecule has 6 aromatic rings. The summed E-state index contributed by atoms with van der Waals surface area (Å²) in [6.45, 7) is 25.4. The zero-order chi connectivity index (χ0) is 39.6. The van der Waals surface area contributed by atoms with Crippen molar-refractivity contribution in [2.24, 2.45) is 16.7 Å². The van der Waals surface area contributed by atoms with E-state index in [0.717, 1.165) is 87.5 Å². The minimum absolute atomic E-state index is 0. The van der Waals surface area contributed by atoms with Crippen molar-refractivity contribution in [3.63, 3.8) is 0 Å². The van der Waals surface area contributed by atoms with Crippen LogP contribution in [0.1, 0.15) is 119 Å². The first-order valence-electron chi connectivity index (χ1n) is 19.8. The molecule has 0 aliphatic heterocycles. The second-order valence-corrected chi connectivity index (χ2v) is 17.0. The molecule has 0 bridgehead atoms. The molecule has 0 aliphatic rings. The number of aliphatic hydroxyl groups excluding tert-OH is 1. The third-order valence-electron chi connectivity index (χ3n) is 11.8. The van der Waals surface area contributed by atoms with Crippen LogP contribution in [0.15, 0.2) is 87.8 Å². The molecule has 0 saturated carbocycles. The number of pyridine rings is 1. The van der Waals surface area contributed by atoms with Gasteiger partial charge in [-0.2, -0.15) is 0 Å². The Bertz CT molecular complexity index is 2290. The van der Waals surface area contributed by atoms with Gasteiger partial charge in [-0.15, -0.1) is 29.1 Å². The Hall–Kier alpha value is -3.99. The van der Waals surface area contributed by atoms with Crippen molar-refractivity contribution in [2.45, 2.75) is 121 Å². The van der Waals surface area contributed by atoms with Crippen molar-refractivity contribution in [1.82, 2.24) is 4.98 Å². The number of furan rings is 2. The van der Waals surface area contributed by atoms with Gasteiger partial charge in [0.2, 0.25) is 0 Å². The van der Waals surface area contributed by atoms with E-state index >= 15 is 0 Å². The zero-order valence-electron chi connectivity index (χ0n) is 35.0. The predicted molar refractivity (Wildman–Crippen MR) is 226 cm³/mol. The first-order valence-corrected chi connectivity index (χ1v) is 19.8. The number of aromatic nitrogens is 1. The maximum Gasteiger partial charge on any atom is 0.164 e.